The van der Waals surface area contributed by atoms with Crippen molar-refractivity contribution < 1.29 is 19.1 Å². The number of likely N-dealkylation sites (tertiary alicyclic amines) is 1. The van der Waals surface area contributed by atoms with E-state index in [4.69, 9.17) is 9.47 Å². The lowest BCUT2D eigenvalue weighted by atomic mass is 9.52. The molecule has 6 aliphatic rings. The van der Waals surface area contributed by atoms with Crippen molar-refractivity contribution in [3.05, 3.63) is 47.0 Å². The lowest BCUT2D eigenvalue weighted by molar-refractivity contribution is -0.128. The summed E-state index contributed by atoms with van der Waals surface area (Å²) >= 11 is 3.75. The number of ketones is 1. The molecule has 7 rings (SSSR count). The molecule has 5 nitrogen and oxygen atoms in total. The van der Waals surface area contributed by atoms with Gasteiger partial charge in [0.1, 0.15) is 12.4 Å². The molecule has 2 heterocycles. The second-order valence-corrected chi connectivity index (χ2v) is 16.4. The maximum absolute atomic E-state index is 13.5. The monoisotopic (exact) mass is 637 g/mol. The number of Topliss-reactive ketones (excluding diaryl/α,β-unsaturated/α-hetero) is 1. The van der Waals surface area contributed by atoms with Crippen LogP contribution in [0.15, 0.2) is 41.5 Å². The van der Waals surface area contributed by atoms with Crippen LogP contribution in [0.4, 0.5) is 4.79 Å². The maximum atomic E-state index is 13.5. The number of benzene rings is 1. The van der Waals surface area contributed by atoms with E-state index >= 15 is 0 Å². The SMILES string of the molecule is CC1=C2C[C@H]3[C@@H](CC[C@@H]4CC(=O)C(Br)C[C@@]43C)[C@@H]2CCC2(C1)O[C@@H]1C[C@H](C)CN(C(=O)OCc3ccccc3)[C@H]1[C@H]2C. The zero-order valence-electron chi connectivity index (χ0n) is 25.8. The van der Waals surface area contributed by atoms with E-state index in [0.717, 1.165) is 50.1 Å². The van der Waals surface area contributed by atoms with Crippen molar-refractivity contribution in [2.24, 2.45) is 40.9 Å². The first-order valence-electron chi connectivity index (χ1n) is 16.6. The van der Waals surface area contributed by atoms with Crippen molar-refractivity contribution in [3.63, 3.8) is 0 Å². The summed E-state index contributed by atoms with van der Waals surface area (Å²) in [5, 5.41) is 0. The molecule has 4 aliphatic carbocycles. The van der Waals surface area contributed by atoms with Crippen LogP contribution in [0, 0.1) is 40.9 Å². The van der Waals surface area contributed by atoms with Crippen molar-refractivity contribution >= 4 is 27.8 Å². The zero-order valence-corrected chi connectivity index (χ0v) is 27.4. The second kappa shape index (κ2) is 10.8. The van der Waals surface area contributed by atoms with Crippen LogP contribution in [0.1, 0.15) is 91.0 Å². The Kier molecular flexibility index (Phi) is 7.44. The molecule has 0 N–H and O–H groups in total. The molecule has 11 atom stereocenters. The smallest absolute Gasteiger partial charge is 0.410 e. The first kappa shape index (κ1) is 29.1. The fourth-order valence-electron chi connectivity index (χ4n) is 10.9. The molecule has 228 valence electrons. The number of nitrogens with zero attached hydrogens (tertiary/aromatic N) is 1. The Bertz CT molecular complexity index is 1260. The summed E-state index contributed by atoms with van der Waals surface area (Å²) in [4.78, 5) is 28.2. The Balaban J connectivity index is 1.11. The molecule has 3 saturated carbocycles. The number of fused-ring (bicyclic) bond motifs is 6. The third-order valence-corrected chi connectivity index (χ3v) is 13.8. The van der Waals surface area contributed by atoms with Gasteiger partial charge in [-0.15, -0.1) is 0 Å². The van der Waals surface area contributed by atoms with Crippen LogP contribution in [-0.4, -0.2) is 45.9 Å². The Morgan fingerprint density at radius 2 is 1.93 bits per heavy atom. The normalized spacial score (nSPS) is 44.7. The quantitative estimate of drug-likeness (QED) is 0.243. The molecule has 2 aliphatic heterocycles. The van der Waals surface area contributed by atoms with Gasteiger partial charge in [-0.25, -0.2) is 4.79 Å². The van der Waals surface area contributed by atoms with E-state index < -0.39 is 0 Å². The minimum absolute atomic E-state index is 0.0297. The number of alkyl halides is 1. The van der Waals surface area contributed by atoms with Crippen LogP contribution in [0.3, 0.4) is 0 Å². The van der Waals surface area contributed by atoms with Crippen LogP contribution < -0.4 is 0 Å². The first-order chi connectivity index (χ1) is 20.1. The van der Waals surface area contributed by atoms with Crippen LogP contribution >= 0.6 is 15.9 Å². The largest absolute Gasteiger partial charge is 0.445 e. The van der Waals surface area contributed by atoms with Crippen molar-refractivity contribution in [3.8, 4) is 0 Å². The number of ether oxygens (including phenoxy) is 2. The van der Waals surface area contributed by atoms with Crippen LogP contribution in [0.2, 0.25) is 0 Å². The molecule has 5 fully saturated rings. The average molecular weight is 639 g/mol. The van der Waals surface area contributed by atoms with Crippen LogP contribution in [-0.2, 0) is 20.9 Å². The summed E-state index contributed by atoms with van der Waals surface area (Å²) in [5.41, 5.74) is 4.32. The number of piperidine rings is 1. The van der Waals surface area contributed by atoms with Gasteiger partial charge in [0, 0.05) is 18.9 Å². The van der Waals surface area contributed by atoms with E-state index in [-0.39, 0.29) is 40.0 Å². The summed E-state index contributed by atoms with van der Waals surface area (Å²) in [5.74, 6) is 3.67. The first-order valence-corrected chi connectivity index (χ1v) is 17.5. The van der Waals surface area contributed by atoms with E-state index in [1.54, 1.807) is 11.1 Å². The number of rotatable bonds is 2. The second-order valence-electron chi connectivity index (χ2n) is 15.3. The molecule has 2 saturated heterocycles. The van der Waals surface area contributed by atoms with Gasteiger partial charge in [-0.2, -0.15) is 0 Å². The van der Waals surface area contributed by atoms with E-state index in [1.807, 2.05) is 35.2 Å². The topological polar surface area (TPSA) is 55.8 Å². The van der Waals surface area contributed by atoms with Crippen LogP contribution in [0.5, 0.6) is 0 Å². The molecule has 1 aromatic carbocycles. The van der Waals surface area contributed by atoms with Crippen molar-refractivity contribution in [2.75, 3.05) is 6.54 Å². The standard InChI is InChI=1S/C36H48BrNO4/c1-21-14-32-33(38(19-21)34(40)41-20-24-8-6-5-7-9-24)23(3)36(42-32)13-12-26-27-11-10-25-15-31(39)30(37)18-35(25,4)29(27)16-28(26)22(2)17-36/h5-9,21,23,25-27,29-30,32-33H,10-20H2,1-4H3/t21-,23+,25+,26-,27-,29-,30?,32+,33-,35-,36?/m0/s1. The predicted octanol–water partition coefficient (Wildman–Crippen LogP) is 8.10. The molecule has 1 spiro atoms. The number of hydrogen-bond acceptors (Lipinski definition) is 4. The molecule has 42 heavy (non-hydrogen) atoms. The Hall–Kier alpha value is -1.66. The summed E-state index contributed by atoms with van der Waals surface area (Å²) in [6.07, 6.45) is 9.54. The lowest BCUT2D eigenvalue weighted by Crippen LogP contribution is -2.54. The number of amides is 1. The van der Waals surface area contributed by atoms with Crippen molar-refractivity contribution in [1.82, 2.24) is 4.90 Å². The van der Waals surface area contributed by atoms with E-state index in [0.29, 0.717) is 36.1 Å². The predicted molar refractivity (Wildman–Crippen MR) is 167 cm³/mol. The Labute approximate surface area is 260 Å². The minimum atomic E-state index is -0.215. The van der Waals surface area contributed by atoms with Gasteiger partial charge in [0.2, 0.25) is 0 Å². The fraction of sp³-hybridized carbons (Fsp3) is 0.722. The average Bonchev–Trinajstić information content (AvgIpc) is 3.42. The summed E-state index contributed by atoms with van der Waals surface area (Å²) in [6, 6.07) is 10.0. The van der Waals surface area contributed by atoms with Gasteiger partial charge >= 0.3 is 6.09 Å². The molecule has 0 bridgehead atoms. The van der Waals surface area contributed by atoms with Gasteiger partial charge in [-0.05, 0) is 98.9 Å². The highest BCUT2D eigenvalue weighted by molar-refractivity contribution is 9.10. The van der Waals surface area contributed by atoms with Gasteiger partial charge in [0.25, 0.3) is 0 Å². The van der Waals surface area contributed by atoms with Gasteiger partial charge in [-0.3, -0.25) is 4.79 Å². The zero-order chi connectivity index (χ0) is 29.4. The molecule has 0 radical (unpaired) electrons. The number of halogens is 1. The molecule has 2 unspecified atom stereocenters. The molecule has 1 amide bonds. The van der Waals surface area contributed by atoms with Gasteiger partial charge < -0.3 is 14.4 Å². The molecular weight excluding hydrogens is 590 g/mol. The molecule has 6 heteroatoms. The fourth-order valence-corrected chi connectivity index (χ4v) is 11.8. The molecule has 1 aromatic rings. The summed E-state index contributed by atoms with van der Waals surface area (Å²) < 4.78 is 13.1. The van der Waals surface area contributed by atoms with Gasteiger partial charge in [0.15, 0.2) is 0 Å². The van der Waals surface area contributed by atoms with E-state index in [2.05, 4.69) is 43.6 Å². The number of allylic oxidation sites excluding steroid dienone is 1. The van der Waals surface area contributed by atoms with Crippen molar-refractivity contribution in [1.29, 1.82) is 0 Å². The number of carbonyl (C=O) groups excluding carboxylic acids is 2. The number of carbonyl (C=O) groups is 2. The van der Waals surface area contributed by atoms with E-state index in [9.17, 15) is 9.59 Å². The highest BCUT2D eigenvalue weighted by Crippen LogP contribution is 2.65. The van der Waals surface area contributed by atoms with Crippen LogP contribution in [0.25, 0.3) is 0 Å². The number of hydrogen-bond donors (Lipinski definition) is 0. The highest BCUT2D eigenvalue weighted by atomic mass is 79.9. The minimum Gasteiger partial charge on any atom is -0.445 e. The molecular formula is C36H48BrNO4. The summed E-state index contributed by atoms with van der Waals surface area (Å²) in [7, 11) is 0. The molecule has 0 aromatic heterocycles. The lowest BCUT2D eigenvalue weighted by Gasteiger charge is -2.53. The Morgan fingerprint density at radius 3 is 2.71 bits per heavy atom. The maximum Gasteiger partial charge on any atom is 0.410 e. The third-order valence-electron chi connectivity index (χ3n) is 13.0. The van der Waals surface area contributed by atoms with Gasteiger partial charge in [0.05, 0.1) is 22.6 Å². The van der Waals surface area contributed by atoms with Crippen molar-refractivity contribution in [2.45, 2.75) is 115 Å². The van der Waals surface area contributed by atoms with E-state index in [1.165, 1.54) is 25.7 Å². The van der Waals surface area contributed by atoms with Gasteiger partial charge in [-0.1, -0.05) is 78.2 Å². The Morgan fingerprint density at radius 1 is 1.14 bits per heavy atom. The highest BCUT2D eigenvalue weighted by Gasteiger charge is 2.61. The third kappa shape index (κ3) is 4.64. The summed E-state index contributed by atoms with van der Waals surface area (Å²) in [6.45, 7) is 10.5.